The lowest BCUT2D eigenvalue weighted by atomic mass is 9.90. The molecule has 0 saturated heterocycles. The number of nitrogens with zero attached hydrogens (tertiary/aromatic N) is 1. The van der Waals surface area contributed by atoms with E-state index in [1.54, 1.807) is 0 Å². The first-order valence-corrected chi connectivity index (χ1v) is 7.46. The van der Waals surface area contributed by atoms with Crippen LogP contribution < -0.4 is 5.32 Å². The van der Waals surface area contributed by atoms with Crippen LogP contribution >= 0.6 is 0 Å². The zero-order valence-electron chi connectivity index (χ0n) is 11.7. The van der Waals surface area contributed by atoms with Crippen molar-refractivity contribution in [3.05, 3.63) is 17.8 Å². The molecule has 0 spiro atoms. The minimum atomic E-state index is 0.389. The minimum absolute atomic E-state index is 0.389. The van der Waals surface area contributed by atoms with Crippen molar-refractivity contribution in [2.45, 2.75) is 64.8 Å². The third-order valence-corrected chi connectivity index (χ3v) is 3.94. The Hall–Kier alpha value is -0.830. The molecule has 0 aromatic carbocycles. The first-order valence-electron chi connectivity index (χ1n) is 7.46. The van der Waals surface area contributed by atoms with E-state index in [9.17, 15) is 0 Å². The molecule has 1 heterocycles. The van der Waals surface area contributed by atoms with Crippen LogP contribution in [0.15, 0.2) is 10.7 Å². The second kappa shape index (κ2) is 6.93. The topological polar surface area (TPSA) is 38.1 Å². The van der Waals surface area contributed by atoms with Crippen LogP contribution in [0.5, 0.6) is 0 Å². The van der Waals surface area contributed by atoms with Gasteiger partial charge < -0.3 is 9.73 Å². The molecule has 1 unspecified atom stereocenters. The second-order valence-electron chi connectivity index (χ2n) is 5.47. The van der Waals surface area contributed by atoms with E-state index in [4.69, 9.17) is 4.42 Å². The molecule has 3 heteroatoms. The van der Waals surface area contributed by atoms with E-state index >= 15 is 0 Å². The average molecular weight is 250 g/mol. The summed E-state index contributed by atoms with van der Waals surface area (Å²) in [6.45, 7) is 5.20. The predicted molar refractivity (Wildman–Crippen MR) is 73.5 cm³/mol. The molecule has 3 nitrogen and oxygen atoms in total. The Kier molecular flexibility index (Phi) is 5.24. The molecule has 1 N–H and O–H groups in total. The van der Waals surface area contributed by atoms with Crippen molar-refractivity contribution in [3.63, 3.8) is 0 Å². The maximum atomic E-state index is 5.40. The van der Waals surface area contributed by atoms with E-state index in [1.165, 1.54) is 44.9 Å². The molecule has 1 aromatic rings. The SMILES string of the molecule is CCCNC(c1coc(C)n1)C1CCCCCC1. The molecule has 18 heavy (non-hydrogen) atoms. The highest BCUT2D eigenvalue weighted by Gasteiger charge is 2.25. The highest BCUT2D eigenvalue weighted by Crippen LogP contribution is 2.33. The van der Waals surface area contributed by atoms with E-state index in [-0.39, 0.29) is 0 Å². The number of aromatic nitrogens is 1. The van der Waals surface area contributed by atoms with Crippen LogP contribution in [0.4, 0.5) is 0 Å². The average Bonchev–Trinajstić information content (AvgIpc) is 2.65. The summed E-state index contributed by atoms with van der Waals surface area (Å²) in [4.78, 5) is 4.54. The summed E-state index contributed by atoms with van der Waals surface area (Å²) < 4.78 is 5.40. The molecule has 0 amide bonds. The fraction of sp³-hybridized carbons (Fsp3) is 0.800. The van der Waals surface area contributed by atoms with Crippen LogP contribution in [-0.4, -0.2) is 11.5 Å². The highest BCUT2D eigenvalue weighted by atomic mass is 16.3. The normalized spacial score (nSPS) is 19.7. The molecule has 0 radical (unpaired) electrons. The fourth-order valence-corrected chi connectivity index (χ4v) is 2.98. The van der Waals surface area contributed by atoms with Crippen molar-refractivity contribution in [2.75, 3.05) is 6.54 Å². The molecule has 0 bridgehead atoms. The maximum Gasteiger partial charge on any atom is 0.191 e. The molecule has 1 fully saturated rings. The summed E-state index contributed by atoms with van der Waals surface area (Å²) in [5.74, 6) is 1.51. The van der Waals surface area contributed by atoms with Crippen LogP contribution in [0.2, 0.25) is 0 Å². The van der Waals surface area contributed by atoms with Gasteiger partial charge in [0, 0.05) is 6.92 Å². The zero-order chi connectivity index (χ0) is 12.8. The van der Waals surface area contributed by atoms with Crippen LogP contribution in [-0.2, 0) is 0 Å². The molecule has 1 aromatic heterocycles. The van der Waals surface area contributed by atoms with Gasteiger partial charge in [0.15, 0.2) is 5.89 Å². The minimum Gasteiger partial charge on any atom is -0.449 e. The fourth-order valence-electron chi connectivity index (χ4n) is 2.98. The lowest BCUT2D eigenvalue weighted by molar-refractivity contribution is 0.320. The Bertz CT molecular complexity index is 340. The quantitative estimate of drug-likeness (QED) is 0.803. The molecular formula is C15H26N2O. The van der Waals surface area contributed by atoms with Gasteiger partial charge in [0.1, 0.15) is 6.26 Å². The molecule has 102 valence electrons. The van der Waals surface area contributed by atoms with Crippen molar-refractivity contribution in [2.24, 2.45) is 5.92 Å². The van der Waals surface area contributed by atoms with Gasteiger partial charge in [-0.1, -0.05) is 32.6 Å². The second-order valence-corrected chi connectivity index (χ2v) is 5.47. The Balaban J connectivity index is 2.07. The largest absolute Gasteiger partial charge is 0.449 e. The van der Waals surface area contributed by atoms with E-state index < -0.39 is 0 Å². The maximum absolute atomic E-state index is 5.40. The summed E-state index contributed by atoms with van der Waals surface area (Å²) in [5, 5.41) is 3.67. The third kappa shape index (κ3) is 3.58. The lowest BCUT2D eigenvalue weighted by Crippen LogP contribution is -2.29. The molecule has 2 rings (SSSR count). The van der Waals surface area contributed by atoms with Crippen LogP contribution in [0.3, 0.4) is 0 Å². The summed E-state index contributed by atoms with van der Waals surface area (Å²) in [7, 11) is 0. The van der Waals surface area contributed by atoms with Gasteiger partial charge in [-0.05, 0) is 31.7 Å². The standard InChI is InChI=1S/C15H26N2O/c1-3-10-16-15(14-11-18-12(2)17-14)13-8-6-4-5-7-9-13/h11,13,15-16H,3-10H2,1-2H3. The number of hydrogen-bond donors (Lipinski definition) is 1. The lowest BCUT2D eigenvalue weighted by Gasteiger charge is -2.25. The molecule has 1 atom stereocenters. The van der Waals surface area contributed by atoms with Crippen molar-refractivity contribution in [1.82, 2.24) is 10.3 Å². The molecule has 1 saturated carbocycles. The monoisotopic (exact) mass is 250 g/mol. The summed E-state index contributed by atoms with van der Waals surface area (Å²) in [6, 6.07) is 0.389. The van der Waals surface area contributed by atoms with Crippen molar-refractivity contribution < 1.29 is 4.42 Å². The molecular weight excluding hydrogens is 224 g/mol. The summed E-state index contributed by atoms with van der Waals surface area (Å²) in [6.07, 6.45) is 11.2. The van der Waals surface area contributed by atoms with E-state index in [0.29, 0.717) is 6.04 Å². The van der Waals surface area contributed by atoms with Gasteiger partial charge in [-0.15, -0.1) is 0 Å². The van der Waals surface area contributed by atoms with Crippen LogP contribution in [0.25, 0.3) is 0 Å². The highest BCUT2D eigenvalue weighted by molar-refractivity contribution is 5.05. The number of aryl methyl sites for hydroxylation is 1. The van der Waals surface area contributed by atoms with Crippen molar-refractivity contribution in [1.29, 1.82) is 0 Å². The number of oxazole rings is 1. The first-order chi connectivity index (χ1) is 8.81. The molecule has 0 aliphatic heterocycles. The number of hydrogen-bond acceptors (Lipinski definition) is 3. The molecule has 1 aliphatic carbocycles. The van der Waals surface area contributed by atoms with Gasteiger partial charge in [-0.3, -0.25) is 0 Å². The van der Waals surface area contributed by atoms with Crippen molar-refractivity contribution in [3.8, 4) is 0 Å². The van der Waals surface area contributed by atoms with Gasteiger partial charge in [-0.25, -0.2) is 4.98 Å². The van der Waals surface area contributed by atoms with Gasteiger partial charge in [0.25, 0.3) is 0 Å². The Morgan fingerprint density at radius 3 is 2.61 bits per heavy atom. The van der Waals surface area contributed by atoms with Gasteiger partial charge >= 0.3 is 0 Å². The molecule has 1 aliphatic rings. The van der Waals surface area contributed by atoms with Gasteiger partial charge in [0.2, 0.25) is 0 Å². The summed E-state index contributed by atoms with van der Waals surface area (Å²) >= 11 is 0. The van der Waals surface area contributed by atoms with E-state index in [1.807, 2.05) is 13.2 Å². The number of nitrogens with one attached hydrogen (secondary N) is 1. The van der Waals surface area contributed by atoms with Gasteiger partial charge in [0.05, 0.1) is 11.7 Å². The first kappa shape index (κ1) is 13.6. The summed E-state index contributed by atoms with van der Waals surface area (Å²) in [5.41, 5.74) is 1.10. The number of rotatable bonds is 5. The van der Waals surface area contributed by atoms with E-state index in [2.05, 4.69) is 17.2 Å². The Morgan fingerprint density at radius 2 is 2.06 bits per heavy atom. The predicted octanol–water partition coefficient (Wildman–Crippen LogP) is 3.99. The van der Waals surface area contributed by atoms with E-state index in [0.717, 1.165) is 24.0 Å². The van der Waals surface area contributed by atoms with Crippen molar-refractivity contribution >= 4 is 0 Å². The Labute approximate surface area is 110 Å². The third-order valence-electron chi connectivity index (χ3n) is 3.94. The van der Waals surface area contributed by atoms with Crippen LogP contribution in [0.1, 0.15) is 69.5 Å². The Morgan fingerprint density at radius 1 is 1.33 bits per heavy atom. The van der Waals surface area contributed by atoms with Gasteiger partial charge in [-0.2, -0.15) is 0 Å². The smallest absolute Gasteiger partial charge is 0.191 e. The van der Waals surface area contributed by atoms with Crippen LogP contribution in [0, 0.1) is 12.8 Å². The zero-order valence-corrected chi connectivity index (χ0v) is 11.7.